The van der Waals surface area contributed by atoms with Gasteiger partial charge >= 0.3 is 11.9 Å². The first-order valence-corrected chi connectivity index (χ1v) is 6.30. The molecule has 2 atom stereocenters. The van der Waals surface area contributed by atoms with Crippen molar-refractivity contribution < 1.29 is 23.8 Å². The second-order valence-electron chi connectivity index (χ2n) is 4.48. The van der Waals surface area contributed by atoms with Crippen molar-refractivity contribution in [1.29, 1.82) is 0 Å². The molecule has 0 aliphatic carbocycles. The zero-order chi connectivity index (χ0) is 14.5. The van der Waals surface area contributed by atoms with Gasteiger partial charge in [-0.2, -0.15) is 0 Å². The van der Waals surface area contributed by atoms with E-state index in [-0.39, 0.29) is 36.5 Å². The molecule has 7 heteroatoms. The lowest BCUT2D eigenvalue weighted by Gasteiger charge is -2.13. The maximum absolute atomic E-state index is 11.4. The molecular formula is C14H18ClNO5. The molecule has 0 bridgehead atoms. The van der Waals surface area contributed by atoms with Crippen LogP contribution in [0.4, 0.5) is 0 Å². The summed E-state index contributed by atoms with van der Waals surface area (Å²) >= 11 is 0. The van der Waals surface area contributed by atoms with Crippen LogP contribution in [0, 0.1) is 0 Å². The zero-order valence-corrected chi connectivity index (χ0v) is 12.6. The third-order valence-corrected chi connectivity index (χ3v) is 3.15. The fourth-order valence-corrected chi connectivity index (χ4v) is 2.09. The highest BCUT2D eigenvalue weighted by molar-refractivity contribution is 5.89. The number of esters is 2. The van der Waals surface area contributed by atoms with Crippen molar-refractivity contribution in [1.82, 2.24) is 5.32 Å². The van der Waals surface area contributed by atoms with Gasteiger partial charge in [0, 0.05) is 13.0 Å². The summed E-state index contributed by atoms with van der Waals surface area (Å²) in [5.74, 6) is -0.0167. The molecular weight excluding hydrogens is 298 g/mol. The molecule has 116 valence electrons. The van der Waals surface area contributed by atoms with E-state index in [2.05, 4.69) is 14.8 Å². The number of carbonyl (C=O) groups excluding carboxylic acids is 2. The van der Waals surface area contributed by atoms with E-state index in [1.807, 2.05) is 0 Å². The lowest BCUT2D eigenvalue weighted by Crippen LogP contribution is -2.31. The molecule has 6 nitrogen and oxygen atoms in total. The molecule has 21 heavy (non-hydrogen) atoms. The molecule has 1 aromatic rings. The lowest BCUT2D eigenvalue weighted by atomic mass is 10.2. The molecule has 0 unspecified atom stereocenters. The maximum atomic E-state index is 11.4. The number of nitrogens with one attached hydrogen (secondary N) is 1. The molecule has 0 aromatic heterocycles. The van der Waals surface area contributed by atoms with Gasteiger partial charge in [0.05, 0.1) is 19.8 Å². The van der Waals surface area contributed by atoms with E-state index in [1.165, 1.54) is 14.2 Å². The minimum absolute atomic E-state index is 0. The van der Waals surface area contributed by atoms with Crippen LogP contribution in [0.3, 0.4) is 0 Å². The van der Waals surface area contributed by atoms with Gasteiger partial charge in [0.25, 0.3) is 0 Å². The van der Waals surface area contributed by atoms with Gasteiger partial charge in [-0.25, -0.2) is 4.79 Å². The van der Waals surface area contributed by atoms with Crippen LogP contribution in [0.15, 0.2) is 24.3 Å². The minimum atomic E-state index is -0.384. The Hall–Kier alpha value is -1.79. The number of benzene rings is 1. The van der Waals surface area contributed by atoms with Gasteiger partial charge in [-0.15, -0.1) is 12.4 Å². The predicted octanol–water partition coefficient (Wildman–Crippen LogP) is 1.18. The van der Waals surface area contributed by atoms with Crippen molar-refractivity contribution in [3.8, 4) is 5.75 Å². The Morgan fingerprint density at radius 3 is 2.38 bits per heavy atom. The largest absolute Gasteiger partial charge is 0.489 e. The van der Waals surface area contributed by atoms with Gasteiger partial charge in [0.2, 0.25) is 0 Å². The average molecular weight is 316 g/mol. The summed E-state index contributed by atoms with van der Waals surface area (Å²) in [6, 6.07) is 6.37. The minimum Gasteiger partial charge on any atom is -0.489 e. The summed E-state index contributed by atoms with van der Waals surface area (Å²) in [5.41, 5.74) is 0.469. The topological polar surface area (TPSA) is 73.9 Å². The van der Waals surface area contributed by atoms with E-state index in [0.29, 0.717) is 24.3 Å². The van der Waals surface area contributed by atoms with Crippen LogP contribution in [-0.4, -0.2) is 44.8 Å². The molecule has 1 aromatic carbocycles. The molecule has 2 rings (SSSR count). The number of ether oxygens (including phenoxy) is 3. The van der Waals surface area contributed by atoms with Crippen LogP contribution in [0.2, 0.25) is 0 Å². The van der Waals surface area contributed by atoms with Crippen molar-refractivity contribution in [3.05, 3.63) is 29.8 Å². The van der Waals surface area contributed by atoms with Crippen LogP contribution >= 0.6 is 12.4 Å². The number of hydrogen-bond donors (Lipinski definition) is 1. The number of rotatable bonds is 4. The Kier molecular flexibility index (Phi) is 6.45. The molecule has 1 fully saturated rings. The Balaban J connectivity index is 0.00000220. The molecule has 0 spiro atoms. The first-order valence-electron chi connectivity index (χ1n) is 6.30. The van der Waals surface area contributed by atoms with Crippen molar-refractivity contribution in [2.24, 2.45) is 0 Å². The fourth-order valence-electron chi connectivity index (χ4n) is 2.09. The van der Waals surface area contributed by atoms with Crippen LogP contribution in [0.1, 0.15) is 16.8 Å². The normalized spacial score (nSPS) is 20.3. The van der Waals surface area contributed by atoms with E-state index < -0.39 is 0 Å². The highest BCUT2D eigenvalue weighted by Crippen LogP contribution is 2.18. The van der Waals surface area contributed by atoms with Gasteiger partial charge in [-0.1, -0.05) is 0 Å². The monoisotopic (exact) mass is 315 g/mol. The quantitative estimate of drug-likeness (QED) is 0.841. The highest BCUT2D eigenvalue weighted by atomic mass is 35.5. The molecule has 1 N–H and O–H groups in total. The summed E-state index contributed by atoms with van der Waals surface area (Å²) in [7, 11) is 2.70. The second-order valence-corrected chi connectivity index (χ2v) is 4.48. The number of hydrogen-bond acceptors (Lipinski definition) is 6. The van der Waals surface area contributed by atoms with E-state index >= 15 is 0 Å². The molecule has 1 aliphatic rings. The average Bonchev–Trinajstić information content (AvgIpc) is 2.95. The van der Waals surface area contributed by atoms with E-state index in [1.54, 1.807) is 24.3 Å². The molecule has 1 aliphatic heterocycles. The molecule has 1 saturated heterocycles. The Morgan fingerprint density at radius 1 is 1.14 bits per heavy atom. The lowest BCUT2D eigenvalue weighted by molar-refractivity contribution is -0.142. The molecule has 0 radical (unpaired) electrons. The Labute approximate surface area is 129 Å². The Bertz CT molecular complexity index is 491. The third kappa shape index (κ3) is 4.34. The summed E-state index contributed by atoms with van der Waals surface area (Å²) in [6.45, 7) is 0.582. The van der Waals surface area contributed by atoms with Gasteiger partial charge in [0.1, 0.15) is 17.9 Å². The summed E-state index contributed by atoms with van der Waals surface area (Å²) < 4.78 is 15.0. The zero-order valence-electron chi connectivity index (χ0n) is 11.8. The van der Waals surface area contributed by atoms with Gasteiger partial charge in [-0.05, 0) is 24.3 Å². The van der Waals surface area contributed by atoms with Gasteiger partial charge in [0.15, 0.2) is 0 Å². The van der Waals surface area contributed by atoms with Gasteiger partial charge < -0.3 is 19.5 Å². The third-order valence-electron chi connectivity index (χ3n) is 3.15. The SMILES string of the molecule is COC(=O)c1ccc(O[C@@H]2CN[C@H](C(=O)OC)C2)cc1.Cl. The predicted molar refractivity (Wildman–Crippen MR) is 77.9 cm³/mol. The molecule has 0 saturated carbocycles. The van der Waals surface area contributed by atoms with E-state index in [0.717, 1.165) is 0 Å². The summed E-state index contributed by atoms with van der Waals surface area (Å²) in [5, 5.41) is 3.04. The van der Waals surface area contributed by atoms with E-state index in [4.69, 9.17) is 4.74 Å². The van der Waals surface area contributed by atoms with Crippen LogP contribution in [0.25, 0.3) is 0 Å². The van der Waals surface area contributed by atoms with Gasteiger partial charge in [-0.3, -0.25) is 4.79 Å². The number of halogens is 1. The number of methoxy groups -OCH3 is 2. The van der Waals surface area contributed by atoms with Crippen molar-refractivity contribution >= 4 is 24.3 Å². The first kappa shape index (κ1) is 17.3. The molecule has 1 heterocycles. The smallest absolute Gasteiger partial charge is 0.337 e. The summed E-state index contributed by atoms with van der Waals surface area (Å²) in [4.78, 5) is 22.7. The van der Waals surface area contributed by atoms with Crippen molar-refractivity contribution in [2.75, 3.05) is 20.8 Å². The van der Waals surface area contributed by atoms with E-state index in [9.17, 15) is 9.59 Å². The first-order chi connectivity index (χ1) is 9.63. The summed E-state index contributed by atoms with van der Waals surface area (Å²) in [6.07, 6.45) is 0.467. The molecule has 0 amide bonds. The maximum Gasteiger partial charge on any atom is 0.337 e. The second kappa shape index (κ2) is 7.85. The van der Waals surface area contributed by atoms with Crippen LogP contribution in [0.5, 0.6) is 5.75 Å². The standard InChI is InChI=1S/C14H17NO5.ClH/c1-18-13(16)9-3-5-10(6-4-9)20-11-7-12(15-8-11)14(17)19-2;/h3-6,11-12,15H,7-8H2,1-2H3;1H/t11-,12-;/m0./s1. The van der Waals surface area contributed by atoms with Crippen LogP contribution < -0.4 is 10.1 Å². The van der Waals surface area contributed by atoms with Crippen molar-refractivity contribution in [2.45, 2.75) is 18.6 Å². The van der Waals surface area contributed by atoms with Crippen molar-refractivity contribution in [3.63, 3.8) is 0 Å². The fraction of sp³-hybridized carbons (Fsp3) is 0.429. The highest BCUT2D eigenvalue weighted by Gasteiger charge is 2.31. The Morgan fingerprint density at radius 2 is 1.81 bits per heavy atom. The number of carbonyl (C=O) groups is 2. The van der Waals surface area contributed by atoms with Crippen LogP contribution in [-0.2, 0) is 14.3 Å².